The molecule has 0 saturated carbocycles. The van der Waals surface area contributed by atoms with Crippen LogP contribution in [0, 0.1) is 12.7 Å². The van der Waals surface area contributed by atoms with Crippen molar-refractivity contribution in [2.24, 2.45) is 0 Å². The standard InChI is InChI=1S/C11H16FN3O3S/c1-3-4-14-11(16)15-19(17,18)10-6-9(13)7(2)5-8(10)12/h5-6H,3-4,13H2,1-2H3,(H2,14,15,16). The number of nitrogens with two attached hydrogens (primary N) is 1. The van der Waals surface area contributed by atoms with E-state index < -0.39 is 26.8 Å². The molecule has 1 rings (SSSR count). The molecule has 106 valence electrons. The first-order valence-electron chi connectivity index (χ1n) is 5.64. The maximum Gasteiger partial charge on any atom is 0.328 e. The minimum absolute atomic E-state index is 0.135. The maximum atomic E-state index is 13.6. The van der Waals surface area contributed by atoms with Crippen LogP contribution in [0.3, 0.4) is 0 Å². The van der Waals surface area contributed by atoms with Gasteiger partial charge in [-0.25, -0.2) is 22.3 Å². The summed E-state index contributed by atoms with van der Waals surface area (Å²) in [6.07, 6.45) is 0.652. The van der Waals surface area contributed by atoms with Crippen LogP contribution in [0.25, 0.3) is 0 Å². The zero-order valence-electron chi connectivity index (χ0n) is 10.7. The van der Waals surface area contributed by atoms with E-state index in [1.807, 2.05) is 6.92 Å². The van der Waals surface area contributed by atoms with Crippen LogP contribution in [-0.2, 0) is 10.0 Å². The van der Waals surface area contributed by atoms with Crippen molar-refractivity contribution in [3.05, 3.63) is 23.5 Å². The molecule has 0 saturated heterocycles. The van der Waals surface area contributed by atoms with E-state index in [0.717, 1.165) is 12.1 Å². The van der Waals surface area contributed by atoms with E-state index in [0.29, 0.717) is 18.5 Å². The number of benzene rings is 1. The first-order valence-corrected chi connectivity index (χ1v) is 7.12. The highest BCUT2D eigenvalue weighted by Crippen LogP contribution is 2.21. The van der Waals surface area contributed by atoms with Gasteiger partial charge >= 0.3 is 6.03 Å². The number of nitrogens with one attached hydrogen (secondary N) is 2. The van der Waals surface area contributed by atoms with Gasteiger partial charge in [-0.3, -0.25) is 0 Å². The summed E-state index contributed by atoms with van der Waals surface area (Å²) in [5.74, 6) is -0.956. The second-order valence-electron chi connectivity index (χ2n) is 4.00. The molecule has 1 aromatic carbocycles. The molecule has 0 bridgehead atoms. The van der Waals surface area contributed by atoms with E-state index in [2.05, 4.69) is 5.32 Å². The van der Waals surface area contributed by atoms with Crippen molar-refractivity contribution in [2.45, 2.75) is 25.2 Å². The predicted octanol–water partition coefficient (Wildman–Crippen LogP) is 1.11. The Morgan fingerprint density at radius 1 is 1.42 bits per heavy atom. The van der Waals surface area contributed by atoms with Gasteiger partial charge in [0.1, 0.15) is 10.7 Å². The van der Waals surface area contributed by atoms with Gasteiger partial charge in [0.05, 0.1) is 0 Å². The van der Waals surface area contributed by atoms with E-state index in [1.165, 1.54) is 0 Å². The maximum absolute atomic E-state index is 13.6. The number of carbonyl (C=O) groups excluding carboxylic acids is 1. The van der Waals surface area contributed by atoms with Gasteiger partial charge in [0.15, 0.2) is 0 Å². The number of amides is 2. The van der Waals surface area contributed by atoms with Gasteiger partial charge in [0, 0.05) is 12.2 Å². The summed E-state index contributed by atoms with van der Waals surface area (Å²) in [5, 5.41) is 2.32. The van der Waals surface area contributed by atoms with Crippen LogP contribution >= 0.6 is 0 Å². The Hall–Kier alpha value is -1.83. The molecule has 0 aliphatic heterocycles. The molecule has 0 heterocycles. The molecule has 0 radical (unpaired) electrons. The fourth-order valence-electron chi connectivity index (χ4n) is 1.33. The minimum Gasteiger partial charge on any atom is -0.398 e. The third-order valence-corrected chi connectivity index (χ3v) is 3.72. The molecule has 0 atom stereocenters. The fourth-order valence-corrected chi connectivity index (χ4v) is 2.35. The normalized spacial score (nSPS) is 11.1. The monoisotopic (exact) mass is 289 g/mol. The van der Waals surface area contributed by atoms with Crippen molar-refractivity contribution in [3.8, 4) is 0 Å². The summed E-state index contributed by atoms with van der Waals surface area (Å²) in [7, 11) is -4.28. The Morgan fingerprint density at radius 3 is 2.63 bits per heavy atom. The molecule has 0 spiro atoms. The highest BCUT2D eigenvalue weighted by Gasteiger charge is 2.22. The number of hydrogen-bond acceptors (Lipinski definition) is 4. The van der Waals surface area contributed by atoms with Crippen LogP contribution < -0.4 is 15.8 Å². The minimum atomic E-state index is -4.28. The van der Waals surface area contributed by atoms with Crippen molar-refractivity contribution in [2.75, 3.05) is 12.3 Å². The molecular formula is C11H16FN3O3S. The number of rotatable bonds is 4. The highest BCUT2D eigenvalue weighted by molar-refractivity contribution is 7.90. The molecule has 19 heavy (non-hydrogen) atoms. The van der Waals surface area contributed by atoms with Crippen LogP contribution in [0.5, 0.6) is 0 Å². The average Bonchev–Trinajstić information content (AvgIpc) is 2.30. The number of carbonyl (C=O) groups is 1. The smallest absolute Gasteiger partial charge is 0.328 e. The second-order valence-corrected chi connectivity index (χ2v) is 5.65. The average molecular weight is 289 g/mol. The van der Waals surface area contributed by atoms with Gasteiger partial charge in [-0.1, -0.05) is 6.92 Å². The van der Waals surface area contributed by atoms with Crippen molar-refractivity contribution in [1.82, 2.24) is 10.0 Å². The molecule has 0 fully saturated rings. The summed E-state index contributed by atoms with van der Waals surface area (Å²) in [6.45, 7) is 3.69. The number of anilines is 1. The Balaban J connectivity index is 3.01. The molecule has 0 unspecified atom stereocenters. The van der Waals surface area contributed by atoms with Crippen LogP contribution in [0.4, 0.5) is 14.9 Å². The van der Waals surface area contributed by atoms with Crippen molar-refractivity contribution in [3.63, 3.8) is 0 Å². The van der Waals surface area contributed by atoms with Gasteiger partial charge in [-0.2, -0.15) is 0 Å². The summed E-state index contributed by atoms with van der Waals surface area (Å²) < 4.78 is 39.0. The van der Waals surface area contributed by atoms with Crippen LogP contribution in [0.1, 0.15) is 18.9 Å². The molecule has 8 heteroatoms. The quantitative estimate of drug-likeness (QED) is 0.723. The van der Waals surface area contributed by atoms with Gasteiger partial charge in [-0.05, 0) is 31.0 Å². The number of halogens is 1. The largest absolute Gasteiger partial charge is 0.398 e. The van der Waals surface area contributed by atoms with Crippen LogP contribution in [0.15, 0.2) is 17.0 Å². The summed E-state index contributed by atoms with van der Waals surface area (Å²) in [6, 6.07) is 1.09. The lowest BCUT2D eigenvalue weighted by molar-refractivity contribution is 0.246. The molecule has 1 aromatic rings. The van der Waals surface area contributed by atoms with Crippen molar-refractivity contribution < 1.29 is 17.6 Å². The number of aryl methyl sites for hydroxylation is 1. The fraction of sp³-hybridized carbons (Fsp3) is 0.364. The lowest BCUT2D eigenvalue weighted by Gasteiger charge is -2.10. The topological polar surface area (TPSA) is 101 Å². The predicted molar refractivity (Wildman–Crippen MR) is 69.6 cm³/mol. The number of sulfonamides is 1. The number of nitrogen functional groups attached to an aromatic ring is 1. The molecule has 0 aliphatic carbocycles. The second kappa shape index (κ2) is 5.87. The molecule has 4 N–H and O–H groups in total. The van der Waals surface area contributed by atoms with Crippen LogP contribution in [-0.4, -0.2) is 21.0 Å². The Kier molecular flexibility index (Phi) is 4.71. The Bertz CT molecular complexity index is 587. The number of hydrogen-bond donors (Lipinski definition) is 3. The first kappa shape index (κ1) is 15.2. The third-order valence-electron chi connectivity index (χ3n) is 2.37. The summed E-state index contributed by atoms with van der Waals surface area (Å²) >= 11 is 0. The molecule has 0 aromatic heterocycles. The van der Waals surface area contributed by atoms with E-state index in [-0.39, 0.29) is 5.69 Å². The summed E-state index contributed by atoms with van der Waals surface area (Å²) in [4.78, 5) is 10.6. The van der Waals surface area contributed by atoms with Gasteiger partial charge in [0.25, 0.3) is 10.0 Å². The zero-order valence-corrected chi connectivity index (χ0v) is 11.5. The highest BCUT2D eigenvalue weighted by atomic mass is 32.2. The van der Waals surface area contributed by atoms with Crippen LogP contribution in [0.2, 0.25) is 0 Å². The SMILES string of the molecule is CCCNC(=O)NS(=O)(=O)c1cc(N)c(C)cc1F. The van der Waals surface area contributed by atoms with E-state index in [4.69, 9.17) is 5.73 Å². The van der Waals surface area contributed by atoms with Gasteiger partial charge in [0.2, 0.25) is 0 Å². The van der Waals surface area contributed by atoms with E-state index >= 15 is 0 Å². The van der Waals surface area contributed by atoms with E-state index in [9.17, 15) is 17.6 Å². The summed E-state index contributed by atoms with van der Waals surface area (Å²) in [5.41, 5.74) is 6.10. The number of urea groups is 1. The molecule has 2 amide bonds. The van der Waals surface area contributed by atoms with Gasteiger partial charge in [-0.15, -0.1) is 0 Å². The third kappa shape index (κ3) is 3.82. The van der Waals surface area contributed by atoms with Crippen molar-refractivity contribution >= 4 is 21.7 Å². The molecule has 6 nitrogen and oxygen atoms in total. The Morgan fingerprint density at radius 2 is 2.05 bits per heavy atom. The van der Waals surface area contributed by atoms with E-state index in [1.54, 1.807) is 11.6 Å². The Labute approximate surface area is 111 Å². The van der Waals surface area contributed by atoms with Gasteiger partial charge < -0.3 is 11.1 Å². The molecular weight excluding hydrogens is 273 g/mol. The lowest BCUT2D eigenvalue weighted by Crippen LogP contribution is -2.40. The lowest BCUT2D eigenvalue weighted by atomic mass is 10.2. The first-order chi connectivity index (χ1) is 8.77. The zero-order chi connectivity index (χ0) is 14.6. The van der Waals surface area contributed by atoms with Crippen molar-refractivity contribution in [1.29, 1.82) is 0 Å². The molecule has 0 aliphatic rings.